The molecule has 0 fully saturated rings. The zero-order valence-electron chi connectivity index (χ0n) is 11.7. The van der Waals surface area contributed by atoms with Crippen LogP contribution in [0.25, 0.3) is 0 Å². The summed E-state index contributed by atoms with van der Waals surface area (Å²) in [5.74, 6) is 1.32. The highest BCUT2D eigenvalue weighted by Crippen LogP contribution is 2.21. The van der Waals surface area contributed by atoms with Crippen LogP contribution in [0.15, 0.2) is 12.3 Å². The molecule has 5 heteroatoms. The minimum atomic E-state index is -0.169. The summed E-state index contributed by atoms with van der Waals surface area (Å²) in [4.78, 5) is 15.9. The molecule has 106 valence electrons. The van der Waals surface area contributed by atoms with Gasteiger partial charge in [0.2, 0.25) is 0 Å². The Balaban J connectivity index is 2.66. The van der Waals surface area contributed by atoms with Crippen molar-refractivity contribution in [2.45, 2.75) is 27.7 Å². The van der Waals surface area contributed by atoms with E-state index in [9.17, 15) is 4.79 Å². The fourth-order valence-electron chi connectivity index (χ4n) is 2.10. The van der Waals surface area contributed by atoms with Crippen molar-refractivity contribution in [3.8, 4) is 0 Å². The number of nitrogens with one attached hydrogen (secondary N) is 1. The standard InChI is InChI=1S/C14H20Cl2N2O/c1-8(2)11(9(3)4)7-18-14(19)10-5-12(15)13(16)17-6-10/h5-6,8-9,11H,7H2,1-4H3,(H,18,19). The van der Waals surface area contributed by atoms with Crippen molar-refractivity contribution in [2.24, 2.45) is 17.8 Å². The van der Waals surface area contributed by atoms with Gasteiger partial charge in [-0.15, -0.1) is 0 Å². The largest absolute Gasteiger partial charge is 0.352 e. The first-order valence-electron chi connectivity index (χ1n) is 6.42. The summed E-state index contributed by atoms with van der Waals surface area (Å²) in [6.45, 7) is 9.30. The van der Waals surface area contributed by atoms with Gasteiger partial charge in [0.05, 0.1) is 10.6 Å². The van der Waals surface area contributed by atoms with Crippen LogP contribution in [-0.4, -0.2) is 17.4 Å². The molecule has 0 spiro atoms. The maximum Gasteiger partial charge on any atom is 0.252 e. The van der Waals surface area contributed by atoms with E-state index in [1.807, 2.05) is 0 Å². The Bertz CT molecular complexity index is 439. The molecule has 1 aromatic heterocycles. The van der Waals surface area contributed by atoms with E-state index in [-0.39, 0.29) is 11.1 Å². The van der Waals surface area contributed by atoms with Crippen LogP contribution >= 0.6 is 23.2 Å². The van der Waals surface area contributed by atoms with Gasteiger partial charge in [0.25, 0.3) is 5.91 Å². The molecule has 0 bridgehead atoms. The predicted molar refractivity (Wildman–Crippen MR) is 79.8 cm³/mol. The average Bonchev–Trinajstić information content (AvgIpc) is 2.31. The van der Waals surface area contributed by atoms with Crippen molar-refractivity contribution in [2.75, 3.05) is 6.54 Å². The maximum absolute atomic E-state index is 12.0. The highest BCUT2D eigenvalue weighted by molar-refractivity contribution is 6.41. The first-order valence-corrected chi connectivity index (χ1v) is 7.17. The van der Waals surface area contributed by atoms with E-state index in [1.165, 1.54) is 12.3 Å². The molecule has 0 atom stereocenters. The van der Waals surface area contributed by atoms with Gasteiger partial charge >= 0.3 is 0 Å². The molecule has 1 aromatic rings. The second kappa shape index (κ2) is 7.11. The van der Waals surface area contributed by atoms with Crippen LogP contribution in [0.4, 0.5) is 0 Å². The van der Waals surface area contributed by atoms with E-state index in [0.29, 0.717) is 34.9 Å². The lowest BCUT2D eigenvalue weighted by atomic mass is 9.85. The number of halogens is 2. The van der Waals surface area contributed by atoms with Gasteiger partial charge in [-0.05, 0) is 23.8 Å². The van der Waals surface area contributed by atoms with E-state index < -0.39 is 0 Å². The Morgan fingerprint density at radius 1 is 1.26 bits per heavy atom. The zero-order chi connectivity index (χ0) is 14.6. The number of hydrogen-bond donors (Lipinski definition) is 1. The van der Waals surface area contributed by atoms with Crippen LogP contribution in [0.1, 0.15) is 38.1 Å². The van der Waals surface area contributed by atoms with Gasteiger partial charge in [-0.2, -0.15) is 0 Å². The molecule has 0 unspecified atom stereocenters. The third-order valence-electron chi connectivity index (χ3n) is 3.27. The van der Waals surface area contributed by atoms with E-state index in [2.05, 4.69) is 38.0 Å². The average molecular weight is 303 g/mol. The third kappa shape index (κ3) is 4.66. The normalized spacial score (nSPS) is 11.4. The van der Waals surface area contributed by atoms with Crippen molar-refractivity contribution in [1.29, 1.82) is 0 Å². The van der Waals surface area contributed by atoms with Crippen LogP contribution in [0.5, 0.6) is 0 Å². The first kappa shape index (κ1) is 16.3. The molecular weight excluding hydrogens is 283 g/mol. The van der Waals surface area contributed by atoms with Crippen LogP contribution in [0, 0.1) is 17.8 Å². The van der Waals surface area contributed by atoms with Gasteiger partial charge in [0.1, 0.15) is 5.15 Å². The summed E-state index contributed by atoms with van der Waals surface area (Å²) in [6, 6.07) is 1.53. The van der Waals surface area contributed by atoms with Crippen LogP contribution in [-0.2, 0) is 0 Å². The highest BCUT2D eigenvalue weighted by Gasteiger charge is 2.18. The second-order valence-electron chi connectivity index (χ2n) is 5.36. The molecule has 3 nitrogen and oxygen atoms in total. The number of amides is 1. The SMILES string of the molecule is CC(C)C(CNC(=O)c1cnc(Cl)c(Cl)c1)C(C)C. The lowest BCUT2D eigenvalue weighted by molar-refractivity contribution is 0.0937. The fourth-order valence-corrected chi connectivity index (χ4v) is 2.37. The number of carbonyl (C=O) groups is 1. The van der Waals surface area contributed by atoms with Gasteiger partial charge in [-0.3, -0.25) is 4.79 Å². The summed E-state index contributed by atoms with van der Waals surface area (Å²) >= 11 is 11.6. The van der Waals surface area contributed by atoms with Crippen LogP contribution in [0.3, 0.4) is 0 Å². The second-order valence-corrected chi connectivity index (χ2v) is 6.12. The van der Waals surface area contributed by atoms with E-state index in [4.69, 9.17) is 23.2 Å². The Kier molecular flexibility index (Phi) is 6.08. The monoisotopic (exact) mass is 302 g/mol. The molecule has 0 saturated heterocycles. The minimum Gasteiger partial charge on any atom is -0.352 e. The molecule has 1 rings (SSSR count). The van der Waals surface area contributed by atoms with Gasteiger partial charge in [-0.1, -0.05) is 50.9 Å². The van der Waals surface area contributed by atoms with Crippen molar-refractivity contribution >= 4 is 29.1 Å². The Morgan fingerprint density at radius 3 is 2.32 bits per heavy atom. The lowest BCUT2D eigenvalue weighted by Crippen LogP contribution is -2.34. The van der Waals surface area contributed by atoms with Gasteiger partial charge in [0.15, 0.2) is 0 Å². The number of rotatable bonds is 5. The topological polar surface area (TPSA) is 42.0 Å². The van der Waals surface area contributed by atoms with Crippen molar-refractivity contribution < 1.29 is 4.79 Å². The number of hydrogen-bond acceptors (Lipinski definition) is 2. The van der Waals surface area contributed by atoms with E-state index in [1.54, 1.807) is 0 Å². The Hall–Kier alpha value is -0.800. The summed E-state index contributed by atoms with van der Waals surface area (Å²) in [6.07, 6.45) is 1.43. The molecule has 1 heterocycles. The van der Waals surface area contributed by atoms with Gasteiger partial charge in [0, 0.05) is 12.7 Å². The Morgan fingerprint density at radius 2 is 1.84 bits per heavy atom. The zero-order valence-corrected chi connectivity index (χ0v) is 13.2. The van der Waals surface area contributed by atoms with Crippen LogP contribution < -0.4 is 5.32 Å². The molecule has 1 N–H and O–H groups in total. The van der Waals surface area contributed by atoms with Crippen LogP contribution in [0.2, 0.25) is 10.2 Å². The van der Waals surface area contributed by atoms with Gasteiger partial charge in [-0.25, -0.2) is 4.98 Å². The van der Waals surface area contributed by atoms with Crippen molar-refractivity contribution in [3.63, 3.8) is 0 Å². The molecule has 0 aliphatic carbocycles. The summed E-state index contributed by atoms with van der Waals surface area (Å²) in [5, 5.41) is 3.43. The van der Waals surface area contributed by atoms with E-state index >= 15 is 0 Å². The molecule has 0 saturated carbocycles. The molecule has 1 amide bonds. The molecule has 0 aliphatic heterocycles. The molecule has 19 heavy (non-hydrogen) atoms. The molecule has 0 radical (unpaired) electrons. The summed E-state index contributed by atoms with van der Waals surface area (Å²) in [5.41, 5.74) is 0.431. The maximum atomic E-state index is 12.0. The first-order chi connectivity index (χ1) is 8.82. The number of nitrogens with zero attached hydrogens (tertiary/aromatic N) is 1. The predicted octanol–water partition coefficient (Wildman–Crippen LogP) is 4.05. The highest BCUT2D eigenvalue weighted by atomic mass is 35.5. The van der Waals surface area contributed by atoms with Gasteiger partial charge < -0.3 is 5.32 Å². The quantitative estimate of drug-likeness (QED) is 0.834. The lowest BCUT2D eigenvalue weighted by Gasteiger charge is -2.25. The van der Waals surface area contributed by atoms with Crippen molar-refractivity contribution in [1.82, 2.24) is 10.3 Å². The minimum absolute atomic E-state index is 0.169. The number of aromatic nitrogens is 1. The smallest absolute Gasteiger partial charge is 0.252 e. The third-order valence-corrected chi connectivity index (χ3v) is 3.96. The summed E-state index contributed by atoms with van der Waals surface area (Å²) < 4.78 is 0. The Labute approximate surface area is 124 Å². The number of carbonyl (C=O) groups excluding carboxylic acids is 1. The fraction of sp³-hybridized carbons (Fsp3) is 0.571. The summed E-state index contributed by atoms with van der Waals surface area (Å²) in [7, 11) is 0. The van der Waals surface area contributed by atoms with E-state index in [0.717, 1.165) is 0 Å². The number of pyridine rings is 1. The molecule has 0 aliphatic rings. The molecule has 0 aromatic carbocycles. The molecular formula is C14H20Cl2N2O. The van der Waals surface area contributed by atoms with Crippen molar-refractivity contribution in [3.05, 3.63) is 28.0 Å².